The first-order valence-electron chi connectivity index (χ1n) is 8.00. The van der Waals surface area contributed by atoms with Crippen LogP contribution in [-0.2, 0) is 15.1 Å². The first-order chi connectivity index (χ1) is 11.8. The van der Waals surface area contributed by atoms with Gasteiger partial charge in [-0.05, 0) is 37.1 Å². The van der Waals surface area contributed by atoms with Crippen LogP contribution in [0.2, 0.25) is 5.02 Å². The van der Waals surface area contributed by atoms with Gasteiger partial charge in [0.25, 0.3) is 0 Å². The fraction of sp³-hybridized carbons (Fsp3) is 0.263. The molecule has 6 heteroatoms. The van der Waals surface area contributed by atoms with Crippen LogP contribution in [0.5, 0.6) is 0 Å². The Balaban J connectivity index is 1.86. The van der Waals surface area contributed by atoms with E-state index in [4.69, 9.17) is 17.3 Å². The Morgan fingerprint density at radius 3 is 2.48 bits per heavy atom. The van der Waals surface area contributed by atoms with E-state index in [9.17, 15) is 9.59 Å². The zero-order valence-electron chi connectivity index (χ0n) is 14.3. The van der Waals surface area contributed by atoms with Crippen molar-refractivity contribution < 1.29 is 9.59 Å². The molecule has 0 radical (unpaired) electrons. The fourth-order valence-corrected chi connectivity index (χ4v) is 2.52. The SMILES string of the molecule is Cc1c(Cl)cccc1NC(=O)CCNC(=O)C(C)(N)c1ccccc1. The topological polar surface area (TPSA) is 84.2 Å². The molecule has 0 fully saturated rings. The summed E-state index contributed by atoms with van der Waals surface area (Å²) in [5, 5.41) is 6.09. The van der Waals surface area contributed by atoms with Gasteiger partial charge in [0.2, 0.25) is 11.8 Å². The molecule has 25 heavy (non-hydrogen) atoms. The van der Waals surface area contributed by atoms with Gasteiger partial charge in [-0.1, -0.05) is 48.0 Å². The maximum absolute atomic E-state index is 12.3. The van der Waals surface area contributed by atoms with Crippen LogP contribution in [0.3, 0.4) is 0 Å². The van der Waals surface area contributed by atoms with Gasteiger partial charge in [-0.3, -0.25) is 9.59 Å². The van der Waals surface area contributed by atoms with E-state index in [2.05, 4.69) is 10.6 Å². The number of anilines is 1. The van der Waals surface area contributed by atoms with Crippen molar-refractivity contribution in [3.05, 3.63) is 64.7 Å². The number of carbonyl (C=O) groups is 2. The minimum Gasteiger partial charge on any atom is -0.354 e. The number of benzene rings is 2. The van der Waals surface area contributed by atoms with E-state index in [0.717, 1.165) is 5.56 Å². The number of rotatable bonds is 6. The van der Waals surface area contributed by atoms with Crippen molar-refractivity contribution in [2.24, 2.45) is 5.73 Å². The van der Waals surface area contributed by atoms with E-state index < -0.39 is 5.54 Å². The number of hydrogen-bond acceptors (Lipinski definition) is 3. The summed E-state index contributed by atoms with van der Waals surface area (Å²) in [5.74, 6) is -0.533. The number of hydrogen-bond donors (Lipinski definition) is 3. The van der Waals surface area contributed by atoms with Crippen LogP contribution >= 0.6 is 11.6 Å². The molecule has 1 atom stereocenters. The van der Waals surface area contributed by atoms with E-state index >= 15 is 0 Å². The van der Waals surface area contributed by atoms with Crippen molar-refractivity contribution in [2.75, 3.05) is 11.9 Å². The number of amides is 2. The zero-order valence-corrected chi connectivity index (χ0v) is 15.1. The second-order valence-electron chi connectivity index (χ2n) is 6.03. The van der Waals surface area contributed by atoms with E-state index in [1.165, 1.54) is 0 Å². The van der Waals surface area contributed by atoms with Crippen LogP contribution in [0.25, 0.3) is 0 Å². The number of carbonyl (C=O) groups excluding carboxylic acids is 2. The van der Waals surface area contributed by atoms with Crippen molar-refractivity contribution in [1.82, 2.24) is 5.32 Å². The molecule has 4 N–H and O–H groups in total. The highest BCUT2D eigenvalue weighted by molar-refractivity contribution is 6.31. The molecular formula is C19H22ClN3O2. The summed E-state index contributed by atoms with van der Waals surface area (Å²) in [4.78, 5) is 24.4. The molecule has 2 rings (SSSR count). The van der Waals surface area contributed by atoms with Crippen molar-refractivity contribution >= 4 is 29.1 Å². The number of nitrogens with one attached hydrogen (secondary N) is 2. The molecule has 0 aliphatic rings. The Bertz CT molecular complexity index is 761. The lowest BCUT2D eigenvalue weighted by molar-refractivity contribution is -0.126. The maximum atomic E-state index is 12.3. The fourth-order valence-electron chi connectivity index (χ4n) is 2.34. The summed E-state index contributed by atoms with van der Waals surface area (Å²) in [6, 6.07) is 14.4. The van der Waals surface area contributed by atoms with Gasteiger partial charge in [0, 0.05) is 23.7 Å². The van der Waals surface area contributed by atoms with E-state index in [1.54, 1.807) is 37.3 Å². The summed E-state index contributed by atoms with van der Waals surface area (Å²) in [7, 11) is 0. The average molecular weight is 360 g/mol. The maximum Gasteiger partial charge on any atom is 0.244 e. The van der Waals surface area contributed by atoms with Gasteiger partial charge in [-0.25, -0.2) is 0 Å². The Morgan fingerprint density at radius 2 is 1.80 bits per heavy atom. The predicted molar refractivity (Wildman–Crippen MR) is 100 cm³/mol. The standard InChI is InChI=1S/C19H22ClN3O2/c1-13-15(20)9-6-10-16(13)23-17(24)11-12-22-18(25)19(2,21)14-7-4-3-5-8-14/h3-10H,11-12,21H2,1-2H3,(H,22,25)(H,23,24). The third-order valence-corrected chi connectivity index (χ3v) is 4.43. The smallest absolute Gasteiger partial charge is 0.244 e. The molecule has 0 heterocycles. The molecule has 0 bridgehead atoms. The van der Waals surface area contributed by atoms with Crippen molar-refractivity contribution in [3.63, 3.8) is 0 Å². The van der Waals surface area contributed by atoms with Gasteiger partial charge < -0.3 is 16.4 Å². The van der Waals surface area contributed by atoms with Crippen molar-refractivity contribution in [2.45, 2.75) is 25.8 Å². The molecule has 2 aromatic rings. The Morgan fingerprint density at radius 1 is 1.12 bits per heavy atom. The van der Waals surface area contributed by atoms with E-state index in [-0.39, 0.29) is 24.8 Å². The molecule has 0 saturated carbocycles. The average Bonchev–Trinajstić information content (AvgIpc) is 2.59. The first kappa shape index (κ1) is 19.0. The second-order valence-corrected chi connectivity index (χ2v) is 6.44. The van der Waals surface area contributed by atoms with Crippen molar-refractivity contribution in [3.8, 4) is 0 Å². The van der Waals surface area contributed by atoms with Gasteiger partial charge in [0.1, 0.15) is 5.54 Å². The van der Waals surface area contributed by atoms with Crippen LogP contribution in [0.4, 0.5) is 5.69 Å². The zero-order chi connectivity index (χ0) is 18.4. The number of nitrogens with two attached hydrogens (primary N) is 1. The molecule has 132 valence electrons. The summed E-state index contributed by atoms with van der Waals surface area (Å²) in [6.45, 7) is 3.68. The third-order valence-electron chi connectivity index (χ3n) is 4.02. The lowest BCUT2D eigenvalue weighted by atomic mass is 9.92. The molecule has 2 aromatic carbocycles. The molecule has 0 aliphatic heterocycles. The Kier molecular flexibility index (Phi) is 6.17. The van der Waals surface area contributed by atoms with E-state index in [0.29, 0.717) is 16.3 Å². The van der Waals surface area contributed by atoms with Gasteiger partial charge in [0.15, 0.2) is 0 Å². The minimum absolute atomic E-state index is 0.141. The van der Waals surface area contributed by atoms with Gasteiger partial charge in [-0.15, -0.1) is 0 Å². The third kappa shape index (κ3) is 4.81. The monoisotopic (exact) mass is 359 g/mol. The lowest BCUT2D eigenvalue weighted by Gasteiger charge is -2.24. The number of halogens is 1. The summed E-state index contributed by atoms with van der Waals surface area (Å²) in [6.07, 6.45) is 0.141. The Labute approximate surface area is 152 Å². The second kappa shape index (κ2) is 8.14. The molecular weight excluding hydrogens is 338 g/mol. The highest BCUT2D eigenvalue weighted by Gasteiger charge is 2.29. The van der Waals surface area contributed by atoms with E-state index in [1.807, 2.05) is 25.1 Å². The quantitative estimate of drug-likeness (QED) is 0.741. The molecule has 2 amide bonds. The molecule has 0 saturated heterocycles. The first-order valence-corrected chi connectivity index (χ1v) is 8.38. The highest BCUT2D eigenvalue weighted by atomic mass is 35.5. The van der Waals surface area contributed by atoms with Crippen LogP contribution in [0.1, 0.15) is 24.5 Å². The largest absolute Gasteiger partial charge is 0.354 e. The normalized spacial score (nSPS) is 13.0. The molecule has 0 spiro atoms. The molecule has 5 nitrogen and oxygen atoms in total. The summed E-state index contributed by atoms with van der Waals surface area (Å²) < 4.78 is 0. The van der Waals surface area contributed by atoms with Gasteiger partial charge in [-0.2, -0.15) is 0 Å². The molecule has 0 aromatic heterocycles. The van der Waals surface area contributed by atoms with Gasteiger partial charge >= 0.3 is 0 Å². The van der Waals surface area contributed by atoms with Crippen LogP contribution in [0.15, 0.2) is 48.5 Å². The highest BCUT2D eigenvalue weighted by Crippen LogP contribution is 2.23. The van der Waals surface area contributed by atoms with Gasteiger partial charge in [0.05, 0.1) is 0 Å². The predicted octanol–water partition coefficient (Wildman–Crippen LogP) is 2.97. The minimum atomic E-state index is -1.15. The molecule has 0 aliphatic carbocycles. The van der Waals surface area contributed by atoms with Crippen molar-refractivity contribution in [1.29, 1.82) is 0 Å². The van der Waals surface area contributed by atoms with Crippen LogP contribution < -0.4 is 16.4 Å². The Hall–Kier alpha value is -2.37. The lowest BCUT2D eigenvalue weighted by Crippen LogP contribution is -2.49. The van der Waals surface area contributed by atoms with Crippen LogP contribution in [0, 0.1) is 6.92 Å². The summed E-state index contributed by atoms with van der Waals surface area (Å²) in [5.41, 5.74) is 7.16. The molecule has 1 unspecified atom stereocenters. The van der Waals surface area contributed by atoms with Crippen LogP contribution in [-0.4, -0.2) is 18.4 Å². The summed E-state index contributed by atoms with van der Waals surface area (Å²) >= 11 is 6.03.